The van der Waals surface area contributed by atoms with Crippen LogP contribution >= 0.6 is 11.3 Å². The number of carbonyl (C=O) groups excluding carboxylic acids is 9. The van der Waals surface area contributed by atoms with Crippen LogP contribution < -0.4 is 87.0 Å². The van der Waals surface area contributed by atoms with Crippen LogP contribution in [0.5, 0.6) is 0 Å². The molecule has 7 rings (SSSR count). The number of guanidine groups is 3. The third kappa shape index (κ3) is 19.9. The summed E-state index contributed by atoms with van der Waals surface area (Å²) in [5.74, 6) is -8.33. The number of hydrogen-bond donors (Lipinski definition) is 19. The van der Waals surface area contributed by atoms with E-state index in [1.54, 1.807) is 17.5 Å². The summed E-state index contributed by atoms with van der Waals surface area (Å²) in [6.07, 6.45) is 4.72. The van der Waals surface area contributed by atoms with Crippen molar-refractivity contribution in [1.82, 2.24) is 46.6 Å². The lowest BCUT2D eigenvalue weighted by Gasteiger charge is -2.38. The van der Waals surface area contributed by atoms with Crippen molar-refractivity contribution in [3.8, 4) is 0 Å². The second-order valence-electron chi connectivity index (χ2n) is 24.7. The summed E-state index contributed by atoms with van der Waals surface area (Å²) in [6, 6.07) is -0.324. The summed E-state index contributed by atoms with van der Waals surface area (Å²) < 4.78 is 0. The standard InChI is InChI=1S/C60H91N19O13S/c61-38(14-5-19-68-58(62)63)49(83)73-39(15-6-20-69-59(64)65)54(88)77-22-8-18-44(77)55(89)78-30-36(81)27-45(78)52(86)71-29-47(82)72-41(28-37-13-9-23-93-37)50(84)75-42(31-80)51(85)76-48(35-24-32-10-1-2-11-33(32)25-35)56(90)79-43-17-4-3-12-34(43)26-46(79)53(87)74-40(57(91)92)16-7-21-70-60(66)67/h1-2,9-11,13,23,34-36,38-46,48,80-81H,3-8,12,14-22,24-31,61H2,(H,71,86)(H,72,82)(H,73,83)(H,74,87)(H,75,84)(H,76,85)(H,91,92)(H4,62,63,68)(H4,64,65,69)(H4,66,67,70)/p+4/t34-,36+,38+,39-,40-,41-,42-,43-,44-,45-,46-,48+/m0/s1. The molecule has 510 valence electrons. The second-order valence-corrected chi connectivity index (χ2v) is 25.7. The smallest absolute Gasteiger partial charge is 0.338 e. The van der Waals surface area contributed by atoms with E-state index in [0.717, 1.165) is 30.4 Å². The zero-order valence-corrected chi connectivity index (χ0v) is 53.2. The Morgan fingerprint density at radius 3 is 1.86 bits per heavy atom. The number of amides is 9. The molecule has 93 heavy (non-hydrogen) atoms. The van der Waals surface area contributed by atoms with Gasteiger partial charge < -0.3 is 67.7 Å². The largest absolute Gasteiger partial charge is 0.480 e. The van der Waals surface area contributed by atoms with Crippen molar-refractivity contribution in [2.24, 2.45) is 46.2 Å². The number of aliphatic carboxylic acids is 1. The van der Waals surface area contributed by atoms with Gasteiger partial charge in [0.2, 0.25) is 47.3 Å². The first-order chi connectivity index (χ1) is 44.4. The second kappa shape index (κ2) is 34.3. The SMILES string of the molecule is NC(N)=[NH+]CCC[C@@H]([NH3+])C(=O)N[C@@H](CCC[NH+]=C(N)N)C(=O)N1CCC[C@H]1C(=O)N1C[C@H](O)C[C@H]1C(=O)NCC(=O)N[C@@H](Cc1cccs1)C(=O)N[C@@H](CO)C(=O)N[C@@H](C(=O)N1[C@H](C(=O)N[C@@H](CCC[NH+]=C(N)N)C(=O)O)C[C@@H]2CCCC[C@@H]21)C1Cc2ccccc2C1. The molecule has 12 atom stereocenters. The number of benzene rings is 1. The molecule has 0 unspecified atom stereocenters. The number of carboxylic acids is 1. The fraction of sp³-hybridized carbons (Fsp3) is 0.617. The number of nitrogens with zero attached hydrogens (tertiary/aromatic N) is 3. The monoisotopic (exact) mass is 1320 g/mol. The number of carboxylic acid groups (broad SMARTS) is 1. The normalized spacial score (nSPS) is 21.9. The average Bonchev–Trinajstić information content (AvgIpc) is 1.64. The van der Waals surface area contributed by atoms with Crippen LogP contribution in [0.15, 0.2) is 41.8 Å². The molecule has 2 aromatic rings. The molecule has 1 aromatic carbocycles. The molecular weight excluding hydrogens is 1230 g/mol. The molecule has 3 saturated heterocycles. The number of carbonyl (C=O) groups is 10. The predicted octanol–water partition coefficient (Wildman–Crippen LogP) is -11.6. The summed E-state index contributed by atoms with van der Waals surface area (Å²) in [6.45, 7) is -0.855. The summed E-state index contributed by atoms with van der Waals surface area (Å²) in [5.41, 5.74) is 38.9. The van der Waals surface area contributed by atoms with E-state index >= 15 is 4.79 Å². The van der Waals surface area contributed by atoms with Crippen LogP contribution in [-0.4, -0.2) is 219 Å². The highest BCUT2D eigenvalue weighted by Crippen LogP contribution is 2.41. The summed E-state index contributed by atoms with van der Waals surface area (Å²) in [5, 5.41) is 49.6. The maximum Gasteiger partial charge on any atom is 0.338 e. The van der Waals surface area contributed by atoms with E-state index in [2.05, 4.69) is 52.6 Å². The van der Waals surface area contributed by atoms with Crippen molar-refractivity contribution in [1.29, 1.82) is 0 Å². The van der Waals surface area contributed by atoms with Gasteiger partial charge in [0.05, 0.1) is 38.9 Å². The number of nitrogens with one attached hydrogen (secondary N) is 9. The number of aliphatic hydroxyl groups is 2. The van der Waals surface area contributed by atoms with E-state index in [1.807, 2.05) is 24.3 Å². The molecule has 32 nitrogen and oxygen atoms in total. The van der Waals surface area contributed by atoms with Gasteiger partial charge in [0.1, 0.15) is 48.3 Å². The third-order valence-corrected chi connectivity index (χ3v) is 18.9. The quantitative estimate of drug-likeness (QED) is 0.0184. The summed E-state index contributed by atoms with van der Waals surface area (Å²) in [4.78, 5) is 154. The van der Waals surface area contributed by atoms with E-state index in [0.29, 0.717) is 62.8 Å². The number of nitrogens with two attached hydrogens (primary N) is 6. The highest BCUT2D eigenvalue weighted by molar-refractivity contribution is 7.09. The number of fused-ring (bicyclic) bond motifs is 2. The maximum absolute atomic E-state index is 15.4. The lowest BCUT2D eigenvalue weighted by Crippen LogP contribution is -2.78. The van der Waals surface area contributed by atoms with E-state index in [-0.39, 0.29) is 88.5 Å². The number of likely N-dealkylation sites (tertiary alicyclic amines) is 3. The fourth-order valence-corrected chi connectivity index (χ4v) is 14.1. The van der Waals surface area contributed by atoms with Crippen LogP contribution in [0.2, 0.25) is 0 Å². The Hall–Kier alpha value is -8.69. The van der Waals surface area contributed by atoms with Crippen LogP contribution in [0, 0.1) is 11.8 Å². The van der Waals surface area contributed by atoms with Crippen molar-refractivity contribution < 1.29 is 84.0 Å². The van der Waals surface area contributed by atoms with Crippen molar-refractivity contribution in [2.45, 2.75) is 176 Å². The van der Waals surface area contributed by atoms with Gasteiger partial charge in [-0.2, -0.15) is 0 Å². The predicted molar refractivity (Wildman–Crippen MR) is 337 cm³/mol. The molecule has 3 aliphatic heterocycles. The van der Waals surface area contributed by atoms with Gasteiger partial charge in [0.25, 0.3) is 5.91 Å². The van der Waals surface area contributed by atoms with Crippen LogP contribution in [0.25, 0.3) is 0 Å². The molecule has 4 fully saturated rings. The van der Waals surface area contributed by atoms with Crippen molar-refractivity contribution >= 4 is 88.3 Å². The molecule has 0 bridgehead atoms. The van der Waals surface area contributed by atoms with Crippen LogP contribution in [0.3, 0.4) is 0 Å². The van der Waals surface area contributed by atoms with E-state index in [1.165, 1.54) is 26.0 Å². The van der Waals surface area contributed by atoms with Gasteiger partial charge in [0.15, 0.2) is 6.04 Å². The van der Waals surface area contributed by atoms with Crippen LogP contribution in [-0.2, 0) is 67.2 Å². The highest BCUT2D eigenvalue weighted by Gasteiger charge is 2.52. The van der Waals surface area contributed by atoms with E-state index in [9.17, 15) is 58.5 Å². The molecule has 1 aromatic heterocycles. The van der Waals surface area contributed by atoms with Crippen LogP contribution in [0.4, 0.5) is 0 Å². The molecule has 33 heteroatoms. The summed E-state index contributed by atoms with van der Waals surface area (Å²) in [7, 11) is 0. The minimum absolute atomic E-state index is 0.0293. The van der Waals surface area contributed by atoms with Crippen molar-refractivity contribution in [3.63, 3.8) is 0 Å². The van der Waals surface area contributed by atoms with Gasteiger partial charge in [-0.15, -0.1) is 11.3 Å². The van der Waals surface area contributed by atoms with Crippen LogP contribution in [0.1, 0.15) is 106 Å². The highest BCUT2D eigenvalue weighted by atomic mass is 32.1. The first-order valence-electron chi connectivity index (χ1n) is 31.9. The van der Waals surface area contributed by atoms with Gasteiger partial charge in [-0.25, -0.2) is 4.79 Å². The molecular formula is C60H95N19O13S+4. The zero-order chi connectivity index (χ0) is 67.5. The van der Waals surface area contributed by atoms with E-state index < -0.39 is 145 Å². The van der Waals surface area contributed by atoms with Gasteiger partial charge in [-0.3, -0.25) is 92.5 Å². The maximum atomic E-state index is 15.4. The lowest BCUT2D eigenvalue weighted by molar-refractivity contribution is -0.463. The zero-order valence-electron chi connectivity index (χ0n) is 52.4. The van der Waals surface area contributed by atoms with Gasteiger partial charge >= 0.3 is 23.8 Å². The fourth-order valence-electron chi connectivity index (χ4n) is 13.3. The lowest BCUT2D eigenvalue weighted by atomic mass is 9.84. The molecule has 9 amide bonds. The number of β-amino-alcohol motifs (C(OH)–C–C–N with tert-alkyl or cyclic N) is 1. The third-order valence-electron chi connectivity index (χ3n) is 18.0. The number of thiophene rings is 1. The molecule has 5 aliphatic rings. The Morgan fingerprint density at radius 1 is 0.634 bits per heavy atom. The first-order valence-corrected chi connectivity index (χ1v) is 32.8. The summed E-state index contributed by atoms with van der Waals surface area (Å²) >= 11 is 1.27. The van der Waals surface area contributed by atoms with Gasteiger partial charge in [0, 0.05) is 43.3 Å². The average molecular weight is 1320 g/mol. The Labute approximate surface area is 542 Å². The minimum Gasteiger partial charge on any atom is -0.480 e. The Bertz CT molecular complexity index is 3040. The number of hydrogen-bond acceptors (Lipinski definition) is 13. The number of quaternary nitrogens is 1. The Morgan fingerprint density at radius 2 is 1.25 bits per heavy atom. The number of aliphatic hydroxyl groups excluding tert-OH is 2. The minimum atomic E-state index is -1.68. The molecule has 2 aliphatic carbocycles. The van der Waals surface area contributed by atoms with Gasteiger partial charge in [-0.05, 0) is 111 Å². The Kier molecular flexibility index (Phi) is 26.4. The topological polar surface area (TPSA) is 539 Å². The van der Waals surface area contributed by atoms with E-state index in [4.69, 9.17) is 34.4 Å². The molecule has 0 spiro atoms. The molecule has 1 saturated carbocycles. The molecule has 27 N–H and O–H groups in total. The number of rotatable bonds is 32. The Balaban J connectivity index is 1.02. The van der Waals surface area contributed by atoms with Crippen molar-refractivity contribution in [3.05, 3.63) is 57.8 Å². The van der Waals surface area contributed by atoms with Crippen molar-refractivity contribution in [2.75, 3.05) is 45.9 Å². The van der Waals surface area contributed by atoms with Gasteiger partial charge in [-0.1, -0.05) is 43.2 Å². The molecule has 0 radical (unpaired) electrons. The first kappa shape index (κ1) is 71.7. The molecule has 4 heterocycles.